The van der Waals surface area contributed by atoms with E-state index in [1.165, 1.54) is 6.20 Å². The number of carbonyl (C=O) groups is 1. The molecule has 5 nitrogen and oxygen atoms in total. The molecular weight excluding hydrogens is 206 g/mol. The molecule has 0 saturated heterocycles. The predicted octanol–water partition coefficient (Wildman–Crippen LogP) is 1.42. The number of nitrogens with two attached hydrogens (primary N) is 1. The molecule has 2 rings (SSSR count). The van der Waals surface area contributed by atoms with Crippen molar-refractivity contribution in [1.29, 1.82) is 0 Å². The van der Waals surface area contributed by atoms with Crippen LogP contribution in [0.4, 0.5) is 5.82 Å². The lowest BCUT2D eigenvalue weighted by Gasteiger charge is -2.06. The van der Waals surface area contributed by atoms with Crippen LogP contribution in [-0.4, -0.2) is 21.0 Å². The number of rotatable bonds is 2. The zero-order chi connectivity index (χ0) is 11.5. The summed E-state index contributed by atoms with van der Waals surface area (Å²) in [5.41, 5.74) is 6.56. The van der Waals surface area contributed by atoms with Crippen LogP contribution in [0.25, 0.3) is 11.3 Å². The van der Waals surface area contributed by atoms with Gasteiger partial charge >= 0.3 is 5.97 Å². The molecule has 0 radical (unpaired) electrons. The first-order valence-corrected chi connectivity index (χ1v) is 4.59. The van der Waals surface area contributed by atoms with Gasteiger partial charge in [-0.1, -0.05) is 6.07 Å². The largest absolute Gasteiger partial charge is 0.478 e. The van der Waals surface area contributed by atoms with Crippen molar-refractivity contribution in [3.8, 4) is 11.3 Å². The summed E-state index contributed by atoms with van der Waals surface area (Å²) in [6, 6.07) is 6.85. The van der Waals surface area contributed by atoms with Crippen molar-refractivity contribution in [1.82, 2.24) is 9.97 Å². The summed E-state index contributed by atoms with van der Waals surface area (Å²) in [6.45, 7) is 0. The van der Waals surface area contributed by atoms with Crippen LogP contribution in [0.3, 0.4) is 0 Å². The molecule has 0 aliphatic rings. The Labute approximate surface area is 91.6 Å². The third kappa shape index (κ3) is 1.70. The number of nitrogens with zero attached hydrogens (tertiary/aromatic N) is 2. The molecule has 0 amide bonds. The van der Waals surface area contributed by atoms with E-state index in [2.05, 4.69) is 9.97 Å². The number of pyridine rings is 2. The summed E-state index contributed by atoms with van der Waals surface area (Å²) in [4.78, 5) is 18.9. The molecular formula is C11H9N3O2. The van der Waals surface area contributed by atoms with E-state index in [1.54, 1.807) is 30.5 Å². The Morgan fingerprint density at radius 2 is 2.00 bits per heavy atom. The highest BCUT2D eigenvalue weighted by molar-refractivity contribution is 5.99. The van der Waals surface area contributed by atoms with Gasteiger partial charge in [0.1, 0.15) is 11.4 Å². The maximum Gasteiger partial charge on any atom is 0.340 e. The van der Waals surface area contributed by atoms with E-state index in [9.17, 15) is 4.79 Å². The molecule has 0 aliphatic carbocycles. The van der Waals surface area contributed by atoms with E-state index in [-0.39, 0.29) is 11.4 Å². The molecule has 2 aromatic heterocycles. The Balaban J connectivity index is 2.66. The van der Waals surface area contributed by atoms with Crippen LogP contribution >= 0.6 is 0 Å². The number of nitrogen functional groups attached to an aromatic ring is 1. The van der Waals surface area contributed by atoms with Crippen LogP contribution in [0.5, 0.6) is 0 Å². The fourth-order valence-corrected chi connectivity index (χ4v) is 1.44. The predicted molar refractivity (Wildman–Crippen MR) is 58.8 cm³/mol. The molecule has 3 N–H and O–H groups in total. The zero-order valence-corrected chi connectivity index (χ0v) is 8.29. The zero-order valence-electron chi connectivity index (χ0n) is 8.29. The number of hydrogen-bond donors (Lipinski definition) is 2. The quantitative estimate of drug-likeness (QED) is 0.790. The van der Waals surface area contributed by atoms with Gasteiger partial charge in [0.25, 0.3) is 0 Å². The fourth-order valence-electron chi connectivity index (χ4n) is 1.44. The van der Waals surface area contributed by atoms with Crippen molar-refractivity contribution in [2.45, 2.75) is 0 Å². The Kier molecular flexibility index (Phi) is 2.51. The number of carboxylic acid groups (broad SMARTS) is 1. The van der Waals surface area contributed by atoms with Crippen LogP contribution in [-0.2, 0) is 0 Å². The van der Waals surface area contributed by atoms with Gasteiger partial charge in [0.15, 0.2) is 0 Å². The van der Waals surface area contributed by atoms with Crippen LogP contribution in [0.15, 0.2) is 36.7 Å². The Morgan fingerprint density at radius 3 is 2.62 bits per heavy atom. The van der Waals surface area contributed by atoms with Gasteiger partial charge in [0.05, 0.1) is 5.69 Å². The van der Waals surface area contributed by atoms with Crippen molar-refractivity contribution < 1.29 is 9.90 Å². The first kappa shape index (κ1) is 10.1. The lowest BCUT2D eigenvalue weighted by molar-refractivity contribution is 0.0698. The van der Waals surface area contributed by atoms with Gasteiger partial charge in [-0.25, -0.2) is 9.78 Å². The van der Waals surface area contributed by atoms with E-state index in [0.717, 1.165) is 0 Å². The van der Waals surface area contributed by atoms with Crippen molar-refractivity contribution in [3.05, 3.63) is 42.2 Å². The van der Waals surface area contributed by atoms with Crippen molar-refractivity contribution in [2.24, 2.45) is 0 Å². The van der Waals surface area contributed by atoms with E-state index < -0.39 is 5.97 Å². The van der Waals surface area contributed by atoms with Crippen LogP contribution < -0.4 is 5.73 Å². The van der Waals surface area contributed by atoms with Crippen molar-refractivity contribution in [3.63, 3.8) is 0 Å². The smallest absolute Gasteiger partial charge is 0.340 e. The Hall–Kier alpha value is -2.43. The maximum absolute atomic E-state index is 11.1. The molecule has 0 unspecified atom stereocenters. The standard InChI is InChI=1S/C11H9N3O2/c12-10-9(11(15)16)7(4-6-14-10)8-3-1-2-5-13-8/h1-6H,(H2,12,14)(H,15,16). The number of hydrogen-bond acceptors (Lipinski definition) is 4. The topological polar surface area (TPSA) is 89.1 Å². The van der Waals surface area contributed by atoms with Crippen molar-refractivity contribution >= 4 is 11.8 Å². The Morgan fingerprint density at radius 1 is 1.19 bits per heavy atom. The molecule has 0 spiro atoms. The molecule has 16 heavy (non-hydrogen) atoms. The average molecular weight is 215 g/mol. The first-order valence-electron chi connectivity index (χ1n) is 4.59. The van der Waals surface area contributed by atoms with Gasteiger partial charge in [-0.05, 0) is 18.2 Å². The molecule has 2 aromatic rings. The first-order chi connectivity index (χ1) is 7.70. The summed E-state index contributed by atoms with van der Waals surface area (Å²) in [5, 5.41) is 9.06. The van der Waals surface area contributed by atoms with Gasteiger partial charge in [-0.15, -0.1) is 0 Å². The minimum absolute atomic E-state index is 0.00402. The average Bonchev–Trinajstić information content (AvgIpc) is 2.29. The molecule has 0 bridgehead atoms. The van der Waals surface area contributed by atoms with Crippen LogP contribution in [0.1, 0.15) is 10.4 Å². The SMILES string of the molecule is Nc1nccc(-c2ccccn2)c1C(=O)O. The van der Waals surface area contributed by atoms with E-state index in [1.807, 2.05) is 0 Å². The highest BCUT2D eigenvalue weighted by Crippen LogP contribution is 2.24. The molecule has 0 atom stereocenters. The lowest BCUT2D eigenvalue weighted by atomic mass is 10.1. The van der Waals surface area contributed by atoms with Gasteiger partial charge < -0.3 is 10.8 Å². The van der Waals surface area contributed by atoms with E-state index in [4.69, 9.17) is 10.8 Å². The number of carboxylic acids is 1. The number of aromatic nitrogens is 2. The molecule has 5 heteroatoms. The monoisotopic (exact) mass is 215 g/mol. The normalized spacial score (nSPS) is 10.0. The number of anilines is 1. The van der Waals surface area contributed by atoms with Gasteiger partial charge in [0.2, 0.25) is 0 Å². The minimum atomic E-state index is -1.11. The number of aromatic carboxylic acids is 1. The molecule has 80 valence electrons. The third-order valence-corrected chi connectivity index (χ3v) is 2.14. The maximum atomic E-state index is 11.1. The fraction of sp³-hybridized carbons (Fsp3) is 0. The summed E-state index contributed by atoms with van der Waals surface area (Å²) < 4.78 is 0. The second-order valence-electron chi connectivity index (χ2n) is 3.14. The molecule has 0 aliphatic heterocycles. The summed E-state index contributed by atoms with van der Waals surface area (Å²) in [5.74, 6) is -1.11. The molecule has 0 aromatic carbocycles. The van der Waals surface area contributed by atoms with Gasteiger partial charge in [-0.3, -0.25) is 4.98 Å². The Bertz CT molecular complexity index is 526. The van der Waals surface area contributed by atoms with E-state index in [0.29, 0.717) is 11.3 Å². The van der Waals surface area contributed by atoms with Gasteiger partial charge in [-0.2, -0.15) is 0 Å². The molecule has 0 saturated carbocycles. The molecule has 2 heterocycles. The summed E-state index contributed by atoms with van der Waals surface area (Å²) >= 11 is 0. The van der Waals surface area contributed by atoms with Crippen molar-refractivity contribution in [2.75, 3.05) is 5.73 Å². The molecule has 0 fully saturated rings. The van der Waals surface area contributed by atoms with Crippen LogP contribution in [0, 0.1) is 0 Å². The third-order valence-electron chi connectivity index (χ3n) is 2.14. The second kappa shape index (κ2) is 3.98. The highest BCUT2D eigenvalue weighted by atomic mass is 16.4. The van der Waals surface area contributed by atoms with Gasteiger partial charge in [0, 0.05) is 18.0 Å². The van der Waals surface area contributed by atoms with E-state index >= 15 is 0 Å². The second-order valence-corrected chi connectivity index (χ2v) is 3.14. The highest BCUT2D eigenvalue weighted by Gasteiger charge is 2.16. The van der Waals surface area contributed by atoms with Crippen LogP contribution in [0.2, 0.25) is 0 Å². The summed E-state index contributed by atoms with van der Waals surface area (Å²) in [7, 11) is 0. The lowest BCUT2D eigenvalue weighted by Crippen LogP contribution is -2.07. The summed E-state index contributed by atoms with van der Waals surface area (Å²) in [6.07, 6.45) is 3.06. The minimum Gasteiger partial charge on any atom is -0.478 e.